The van der Waals surface area contributed by atoms with E-state index < -0.39 is 0 Å². The number of likely N-dealkylation sites (N-methyl/N-ethyl adjacent to an activating group) is 1. The maximum Gasteiger partial charge on any atom is 0.270 e. The number of aromatic nitrogens is 4. The van der Waals surface area contributed by atoms with Crippen molar-refractivity contribution in [3.8, 4) is 11.3 Å². The number of fused-ring (bicyclic) bond motifs is 1. The summed E-state index contributed by atoms with van der Waals surface area (Å²) in [6.07, 6.45) is 11.9. The van der Waals surface area contributed by atoms with E-state index >= 15 is 0 Å². The molecule has 5 rings (SSSR count). The molecule has 0 aliphatic heterocycles. The first-order valence-corrected chi connectivity index (χ1v) is 14.4. The number of amides is 2. The molecular weight excluding hydrogens is 552 g/mol. The third kappa shape index (κ3) is 7.13. The number of hydrogen-bond acceptors (Lipinski definition) is 7. The summed E-state index contributed by atoms with van der Waals surface area (Å²) >= 11 is 6.55. The van der Waals surface area contributed by atoms with Crippen LogP contribution in [0.25, 0.3) is 22.2 Å². The van der Waals surface area contributed by atoms with Crippen molar-refractivity contribution in [3.05, 3.63) is 77.9 Å². The lowest BCUT2D eigenvalue weighted by Gasteiger charge is -2.30. The zero-order chi connectivity index (χ0) is 29.6. The molecule has 1 fully saturated rings. The minimum absolute atomic E-state index is 0.0170. The van der Waals surface area contributed by atoms with Crippen LogP contribution in [0.3, 0.4) is 0 Å². The molecule has 0 radical (unpaired) electrons. The van der Waals surface area contributed by atoms with Crippen LogP contribution in [0.2, 0.25) is 5.02 Å². The molecule has 2 amide bonds. The highest BCUT2D eigenvalue weighted by atomic mass is 35.5. The molecule has 218 valence electrons. The standard InChI is InChI=1S/C31H35ClN8O2/c1-39(2)15-6-11-28(41)35-22-12-13-26(33-18-22)30(42)36-20-7-4-8-21(17-20)37-31-34-19-25(32)29(38-31)24-9-5-10-27-23(24)14-16-40(27)3/h5-6,9-14,16,18-21H,4,7-8,15,17H2,1-3H3,(H,35,41)(H,36,42)(H,34,37,38)/b11-6+/t20-,21+/m0/s1. The van der Waals surface area contributed by atoms with Gasteiger partial charge < -0.3 is 25.4 Å². The van der Waals surface area contributed by atoms with Crippen LogP contribution in [0.5, 0.6) is 0 Å². The molecule has 1 aliphatic carbocycles. The van der Waals surface area contributed by atoms with Gasteiger partial charge in [0.15, 0.2) is 0 Å². The first-order valence-electron chi connectivity index (χ1n) is 14.0. The zero-order valence-electron chi connectivity index (χ0n) is 24.0. The molecule has 1 aliphatic rings. The molecule has 0 bridgehead atoms. The molecule has 0 saturated heterocycles. The summed E-state index contributed by atoms with van der Waals surface area (Å²) in [5.41, 5.74) is 3.56. The topological polar surface area (TPSA) is 117 Å². The third-order valence-corrected chi connectivity index (χ3v) is 7.55. The smallest absolute Gasteiger partial charge is 0.270 e. The summed E-state index contributed by atoms with van der Waals surface area (Å²) in [4.78, 5) is 40.4. The highest BCUT2D eigenvalue weighted by Crippen LogP contribution is 2.33. The van der Waals surface area contributed by atoms with E-state index in [1.807, 2.05) is 44.4 Å². The minimum atomic E-state index is -0.245. The first kappa shape index (κ1) is 29.2. The van der Waals surface area contributed by atoms with Crippen LogP contribution in [0.4, 0.5) is 11.6 Å². The largest absolute Gasteiger partial charge is 0.351 e. The summed E-state index contributed by atoms with van der Waals surface area (Å²) in [6.45, 7) is 0.668. The number of anilines is 2. The highest BCUT2D eigenvalue weighted by Gasteiger charge is 2.25. The Morgan fingerprint density at radius 3 is 2.71 bits per heavy atom. The molecule has 0 unspecified atom stereocenters. The lowest BCUT2D eigenvalue weighted by Crippen LogP contribution is -2.42. The van der Waals surface area contributed by atoms with Crippen LogP contribution in [-0.4, -0.2) is 69.0 Å². The SMILES string of the molecule is CN(C)C/C=C/C(=O)Nc1ccc(C(=O)N[C@H]2CCC[C@@H](Nc3ncc(Cl)c(-c4cccc5c4ccn5C)n3)C2)nc1. The number of nitrogens with one attached hydrogen (secondary N) is 3. The van der Waals surface area contributed by atoms with E-state index in [0.717, 1.165) is 42.1 Å². The van der Waals surface area contributed by atoms with Gasteiger partial charge in [-0.05, 0) is 64.0 Å². The summed E-state index contributed by atoms with van der Waals surface area (Å²) < 4.78 is 2.07. The van der Waals surface area contributed by atoms with Gasteiger partial charge in [0.1, 0.15) is 5.69 Å². The molecule has 3 N–H and O–H groups in total. The van der Waals surface area contributed by atoms with E-state index in [1.54, 1.807) is 24.4 Å². The van der Waals surface area contributed by atoms with Crippen molar-refractivity contribution in [2.45, 2.75) is 37.8 Å². The molecule has 4 aromatic rings. The zero-order valence-corrected chi connectivity index (χ0v) is 24.7. The predicted molar refractivity (Wildman–Crippen MR) is 167 cm³/mol. The fourth-order valence-corrected chi connectivity index (χ4v) is 5.38. The Bertz CT molecular complexity index is 1600. The molecule has 1 aromatic carbocycles. The van der Waals surface area contributed by atoms with E-state index in [9.17, 15) is 9.59 Å². The maximum atomic E-state index is 12.9. The number of nitrogens with zero attached hydrogens (tertiary/aromatic N) is 5. The summed E-state index contributed by atoms with van der Waals surface area (Å²) in [5.74, 6) is 0.0195. The van der Waals surface area contributed by atoms with Gasteiger partial charge in [0, 0.05) is 54.4 Å². The lowest BCUT2D eigenvalue weighted by molar-refractivity contribution is -0.111. The number of rotatable bonds is 9. The number of carbonyl (C=O) groups is 2. The van der Waals surface area contributed by atoms with Crippen molar-refractivity contribution in [1.82, 2.24) is 29.7 Å². The van der Waals surface area contributed by atoms with Gasteiger partial charge in [-0.25, -0.2) is 15.0 Å². The van der Waals surface area contributed by atoms with Gasteiger partial charge in [0.05, 0.1) is 28.8 Å². The monoisotopic (exact) mass is 586 g/mol. The highest BCUT2D eigenvalue weighted by molar-refractivity contribution is 6.33. The molecular formula is C31H35ClN8O2. The number of hydrogen-bond donors (Lipinski definition) is 3. The molecule has 0 spiro atoms. The van der Waals surface area contributed by atoms with Gasteiger partial charge in [-0.2, -0.15) is 0 Å². The van der Waals surface area contributed by atoms with Crippen molar-refractivity contribution >= 4 is 46.0 Å². The van der Waals surface area contributed by atoms with Crippen LogP contribution < -0.4 is 16.0 Å². The van der Waals surface area contributed by atoms with Crippen LogP contribution >= 0.6 is 11.6 Å². The Kier molecular flexibility index (Phi) is 9.14. The quantitative estimate of drug-likeness (QED) is 0.239. The fraction of sp³-hybridized carbons (Fsp3) is 0.323. The van der Waals surface area contributed by atoms with Gasteiger partial charge in [-0.3, -0.25) is 9.59 Å². The van der Waals surface area contributed by atoms with E-state index in [4.69, 9.17) is 16.6 Å². The maximum absolute atomic E-state index is 12.9. The second-order valence-corrected chi connectivity index (χ2v) is 11.2. The Morgan fingerprint density at radius 1 is 1.10 bits per heavy atom. The molecule has 3 heterocycles. The predicted octanol–water partition coefficient (Wildman–Crippen LogP) is 4.89. The summed E-state index contributed by atoms with van der Waals surface area (Å²) in [6, 6.07) is 11.5. The van der Waals surface area contributed by atoms with Crippen LogP contribution in [-0.2, 0) is 11.8 Å². The second kappa shape index (κ2) is 13.1. The number of pyridine rings is 1. The number of halogens is 1. The van der Waals surface area contributed by atoms with Crippen molar-refractivity contribution < 1.29 is 9.59 Å². The Labute approximate surface area is 250 Å². The van der Waals surface area contributed by atoms with E-state index in [1.165, 1.54) is 12.3 Å². The van der Waals surface area contributed by atoms with Crippen molar-refractivity contribution in [2.24, 2.45) is 7.05 Å². The average molecular weight is 587 g/mol. The Hall–Kier alpha value is -4.28. The second-order valence-electron chi connectivity index (χ2n) is 10.8. The van der Waals surface area contributed by atoms with Crippen LogP contribution in [0, 0.1) is 0 Å². The number of benzene rings is 1. The summed E-state index contributed by atoms with van der Waals surface area (Å²) in [7, 11) is 5.87. The molecule has 3 aromatic heterocycles. The Balaban J connectivity index is 1.19. The Morgan fingerprint density at radius 2 is 1.93 bits per heavy atom. The van der Waals surface area contributed by atoms with E-state index in [2.05, 4.69) is 42.6 Å². The number of carbonyl (C=O) groups excluding carboxylic acids is 2. The normalized spacial score (nSPS) is 17.1. The minimum Gasteiger partial charge on any atom is -0.351 e. The van der Waals surface area contributed by atoms with Crippen molar-refractivity contribution in [2.75, 3.05) is 31.3 Å². The van der Waals surface area contributed by atoms with E-state index in [0.29, 0.717) is 34.6 Å². The lowest BCUT2D eigenvalue weighted by atomic mass is 9.91. The average Bonchev–Trinajstić information content (AvgIpc) is 3.35. The fourth-order valence-electron chi connectivity index (χ4n) is 5.18. The van der Waals surface area contributed by atoms with Crippen LogP contribution in [0.1, 0.15) is 36.2 Å². The summed E-state index contributed by atoms with van der Waals surface area (Å²) in [5, 5.41) is 10.9. The van der Waals surface area contributed by atoms with Gasteiger partial charge in [-0.1, -0.05) is 29.8 Å². The third-order valence-electron chi connectivity index (χ3n) is 7.27. The van der Waals surface area contributed by atoms with Crippen molar-refractivity contribution in [1.29, 1.82) is 0 Å². The van der Waals surface area contributed by atoms with E-state index in [-0.39, 0.29) is 23.9 Å². The van der Waals surface area contributed by atoms with Crippen molar-refractivity contribution in [3.63, 3.8) is 0 Å². The van der Waals surface area contributed by atoms with Crippen LogP contribution in [0.15, 0.2) is 67.1 Å². The van der Waals surface area contributed by atoms with Gasteiger partial charge in [-0.15, -0.1) is 0 Å². The molecule has 11 heteroatoms. The molecule has 2 atom stereocenters. The first-order chi connectivity index (χ1) is 20.3. The molecule has 1 saturated carbocycles. The molecule has 42 heavy (non-hydrogen) atoms. The van der Waals surface area contributed by atoms with Gasteiger partial charge in [0.25, 0.3) is 5.91 Å². The molecule has 10 nitrogen and oxygen atoms in total. The van der Waals surface area contributed by atoms with Gasteiger partial charge >= 0.3 is 0 Å². The van der Waals surface area contributed by atoms with Gasteiger partial charge in [0.2, 0.25) is 11.9 Å². The number of aryl methyl sites for hydroxylation is 1.